The smallest absolute Gasteiger partial charge is 0.251 e. The third-order valence-corrected chi connectivity index (χ3v) is 2.45. The fourth-order valence-electron chi connectivity index (χ4n) is 1.58. The lowest BCUT2D eigenvalue weighted by atomic mass is 10.1. The van der Waals surface area contributed by atoms with Crippen LogP contribution in [0.1, 0.15) is 37.0 Å². The van der Waals surface area contributed by atoms with Crippen molar-refractivity contribution in [3.05, 3.63) is 29.8 Å². The summed E-state index contributed by atoms with van der Waals surface area (Å²) >= 11 is 0. The standard InChI is InChI=1S/C14H21N3O2.ClH/c1-3-7-16-14(19)11-5-4-6-12(9-11)17-13(18)8-10(2)15;/h4-6,9-10H,3,7-8,15H2,1-2H3,(H,16,19)(H,17,18);1H. The van der Waals surface area contributed by atoms with Crippen LogP contribution in [0.4, 0.5) is 5.69 Å². The third-order valence-electron chi connectivity index (χ3n) is 2.45. The van der Waals surface area contributed by atoms with Crippen LogP contribution in [-0.2, 0) is 4.79 Å². The first-order valence-corrected chi connectivity index (χ1v) is 6.46. The van der Waals surface area contributed by atoms with Crippen molar-refractivity contribution >= 4 is 29.9 Å². The van der Waals surface area contributed by atoms with E-state index in [4.69, 9.17) is 5.73 Å². The topological polar surface area (TPSA) is 84.2 Å². The van der Waals surface area contributed by atoms with Gasteiger partial charge in [0.1, 0.15) is 0 Å². The summed E-state index contributed by atoms with van der Waals surface area (Å²) in [6.45, 7) is 4.40. The summed E-state index contributed by atoms with van der Waals surface area (Å²) in [5, 5.41) is 5.52. The van der Waals surface area contributed by atoms with E-state index in [1.807, 2.05) is 6.92 Å². The number of carbonyl (C=O) groups excluding carboxylic acids is 2. The van der Waals surface area contributed by atoms with Gasteiger partial charge in [0.2, 0.25) is 5.91 Å². The van der Waals surface area contributed by atoms with E-state index in [1.54, 1.807) is 31.2 Å². The Hall–Kier alpha value is -1.59. The van der Waals surface area contributed by atoms with E-state index in [-0.39, 0.29) is 36.7 Å². The predicted molar refractivity (Wildman–Crippen MR) is 83.2 cm³/mol. The summed E-state index contributed by atoms with van der Waals surface area (Å²) in [6, 6.07) is 6.67. The van der Waals surface area contributed by atoms with Gasteiger partial charge in [-0.15, -0.1) is 12.4 Å². The number of anilines is 1. The number of hydrogen-bond donors (Lipinski definition) is 3. The van der Waals surface area contributed by atoms with Crippen LogP contribution >= 0.6 is 12.4 Å². The lowest BCUT2D eigenvalue weighted by Crippen LogP contribution is -2.25. The molecule has 0 radical (unpaired) electrons. The summed E-state index contributed by atoms with van der Waals surface area (Å²) in [5.41, 5.74) is 6.70. The highest BCUT2D eigenvalue weighted by Crippen LogP contribution is 2.11. The number of nitrogens with one attached hydrogen (secondary N) is 2. The van der Waals surface area contributed by atoms with Crippen LogP contribution in [0, 0.1) is 0 Å². The molecule has 0 aliphatic heterocycles. The van der Waals surface area contributed by atoms with E-state index in [0.717, 1.165) is 6.42 Å². The second-order valence-corrected chi connectivity index (χ2v) is 4.57. The molecule has 1 aromatic rings. The highest BCUT2D eigenvalue weighted by Gasteiger charge is 2.08. The number of benzene rings is 1. The quantitative estimate of drug-likeness (QED) is 0.750. The molecule has 5 nitrogen and oxygen atoms in total. The second-order valence-electron chi connectivity index (χ2n) is 4.57. The number of hydrogen-bond acceptors (Lipinski definition) is 3. The van der Waals surface area contributed by atoms with E-state index in [1.165, 1.54) is 0 Å². The maximum Gasteiger partial charge on any atom is 0.251 e. The monoisotopic (exact) mass is 299 g/mol. The molecular weight excluding hydrogens is 278 g/mol. The Kier molecular flexibility index (Phi) is 8.59. The zero-order valence-corrected chi connectivity index (χ0v) is 12.6. The van der Waals surface area contributed by atoms with Crippen LogP contribution < -0.4 is 16.4 Å². The van der Waals surface area contributed by atoms with Crippen molar-refractivity contribution < 1.29 is 9.59 Å². The van der Waals surface area contributed by atoms with Gasteiger partial charge in [-0.25, -0.2) is 0 Å². The van der Waals surface area contributed by atoms with Crippen molar-refractivity contribution in [2.75, 3.05) is 11.9 Å². The van der Waals surface area contributed by atoms with Gasteiger partial charge in [-0.05, 0) is 31.5 Å². The number of halogens is 1. The number of rotatable bonds is 6. The summed E-state index contributed by atoms with van der Waals surface area (Å²) < 4.78 is 0. The molecule has 20 heavy (non-hydrogen) atoms. The molecule has 6 heteroatoms. The van der Waals surface area contributed by atoms with Crippen molar-refractivity contribution in [2.24, 2.45) is 5.73 Å². The van der Waals surface area contributed by atoms with Gasteiger partial charge in [0, 0.05) is 30.3 Å². The molecule has 0 aromatic heterocycles. The Morgan fingerprint density at radius 2 is 2.05 bits per heavy atom. The van der Waals surface area contributed by atoms with Gasteiger partial charge in [-0.1, -0.05) is 13.0 Å². The number of nitrogens with two attached hydrogens (primary N) is 1. The van der Waals surface area contributed by atoms with Gasteiger partial charge in [-0.2, -0.15) is 0 Å². The van der Waals surface area contributed by atoms with Gasteiger partial charge < -0.3 is 16.4 Å². The fourth-order valence-corrected chi connectivity index (χ4v) is 1.58. The first-order valence-electron chi connectivity index (χ1n) is 6.46. The molecule has 0 fully saturated rings. The van der Waals surface area contributed by atoms with E-state index < -0.39 is 0 Å². The number of amides is 2. The van der Waals surface area contributed by atoms with E-state index in [9.17, 15) is 9.59 Å². The molecule has 1 aromatic carbocycles. The van der Waals surface area contributed by atoms with Gasteiger partial charge in [0.15, 0.2) is 0 Å². The lowest BCUT2D eigenvalue weighted by molar-refractivity contribution is -0.116. The van der Waals surface area contributed by atoms with Crippen molar-refractivity contribution in [1.82, 2.24) is 5.32 Å². The minimum absolute atomic E-state index is 0. The first kappa shape index (κ1) is 18.4. The Morgan fingerprint density at radius 3 is 2.65 bits per heavy atom. The lowest BCUT2D eigenvalue weighted by Gasteiger charge is -2.09. The van der Waals surface area contributed by atoms with Gasteiger partial charge in [0.05, 0.1) is 0 Å². The summed E-state index contributed by atoms with van der Waals surface area (Å²) in [4.78, 5) is 23.4. The maximum atomic E-state index is 11.8. The second kappa shape index (κ2) is 9.34. The molecule has 0 aliphatic carbocycles. The molecule has 0 spiro atoms. The van der Waals surface area contributed by atoms with Crippen LogP contribution in [0.15, 0.2) is 24.3 Å². The van der Waals surface area contributed by atoms with Crippen LogP contribution in [0.5, 0.6) is 0 Å². The minimum atomic E-state index is -0.184. The largest absolute Gasteiger partial charge is 0.352 e. The molecule has 0 saturated heterocycles. The molecule has 1 atom stereocenters. The van der Waals surface area contributed by atoms with Crippen LogP contribution in [0.2, 0.25) is 0 Å². The molecular formula is C14H22ClN3O2. The van der Waals surface area contributed by atoms with Gasteiger partial charge in [-0.3, -0.25) is 9.59 Å². The van der Waals surface area contributed by atoms with Crippen molar-refractivity contribution in [2.45, 2.75) is 32.7 Å². The fraction of sp³-hybridized carbons (Fsp3) is 0.429. The molecule has 0 heterocycles. The summed E-state index contributed by atoms with van der Waals surface area (Å²) in [5.74, 6) is -0.286. The van der Waals surface area contributed by atoms with Crippen LogP contribution in [0.3, 0.4) is 0 Å². The van der Waals surface area contributed by atoms with Crippen LogP contribution in [-0.4, -0.2) is 24.4 Å². The highest BCUT2D eigenvalue weighted by molar-refractivity contribution is 5.97. The maximum absolute atomic E-state index is 11.8. The van der Waals surface area contributed by atoms with Crippen LogP contribution in [0.25, 0.3) is 0 Å². The van der Waals surface area contributed by atoms with E-state index in [0.29, 0.717) is 17.8 Å². The molecule has 0 aliphatic rings. The molecule has 4 N–H and O–H groups in total. The normalized spacial score (nSPS) is 11.2. The van der Waals surface area contributed by atoms with Crippen molar-refractivity contribution in [3.63, 3.8) is 0 Å². The molecule has 112 valence electrons. The molecule has 0 bridgehead atoms. The van der Waals surface area contributed by atoms with Gasteiger partial charge >= 0.3 is 0 Å². The zero-order chi connectivity index (χ0) is 14.3. The van der Waals surface area contributed by atoms with E-state index >= 15 is 0 Å². The third kappa shape index (κ3) is 6.54. The SMILES string of the molecule is CCCNC(=O)c1cccc(NC(=O)CC(C)N)c1.Cl. The van der Waals surface area contributed by atoms with E-state index in [2.05, 4.69) is 10.6 Å². The molecule has 1 unspecified atom stereocenters. The minimum Gasteiger partial charge on any atom is -0.352 e. The van der Waals surface area contributed by atoms with Crippen molar-refractivity contribution in [3.8, 4) is 0 Å². The van der Waals surface area contributed by atoms with Gasteiger partial charge in [0.25, 0.3) is 5.91 Å². The average Bonchev–Trinajstić information content (AvgIpc) is 2.35. The zero-order valence-electron chi connectivity index (χ0n) is 11.8. The summed E-state index contributed by atoms with van der Waals surface area (Å²) in [6.07, 6.45) is 1.14. The molecule has 1 rings (SSSR count). The Labute approximate surface area is 125 Å². The predicted octanol–water partition coefficient (Wildman–Crippen LogP) is 1.92. The Morgan fingerprint density at radius 1 is 1.35 bits per heavy atom. The first-order chi connectivity index (χ1) is 9.02. The summed E-state index contributed by atoms with van der Waals surface area (Å²) in [7, 11) is 0. The molecule has 0 saturated carbocycles. The Balaban J connectivity index is 0.00000361. The highest BCUT2D eigenvalue weighted by atomic mass is 35.5. The number of carbonyl (C=O) groups is 2. The Bertz CT molecular complexity index is 450. The molecule has 2 amide bonds. The van der Waals surface area contributed by atoms with Crippen molar-refractivity contribution in [1.29, 1.82) is 0 Å². The average molecular weight is 300 g/mol.